The third-order valence-corrected chi connectivity index (χ3v) is 3.50. The highest BCUT2D eigenvalue weighted by Crippen LogP contribution is 2.39. The van der Waals surface area contributed by atoms with Crippen molar-refractivity contribution in [3.8, 4) is 0 Å². The van der Waals surface area contributed by atoms with E-state index in [1.165, 1.54) is 6.07 Å². The molecule has 2 aromatic carbocycles. The first-order valence-corrected chi connectivity index (χ1v) is 6.39. The van der Waals surface area contributed by atoms with Crippen LogP contribution < -0.4 is 16.8 Å². The maximum Gasteiger partial charge on any atom is 0.169 e. The number of nitrogens with two attached hydrogens (primary N) is 2. The zero-order chi connectivity index (χ0) is 15.0. The predicted molar refractivity (Wildman–Crippen MR) is 79.9 cm³/mol. The lowest BCUT2D eigenvalue weighted by Gasteiger charge is -2.15. The second-order valence-corrected chi connectivity index (χ2v) is 5.12. The lowest BCUT2D eigenvalue weighted by molar-refractivity contribution is 0.628. The van der Waals surface area contributed by atoms with Gasteiger partial charge in [-0.15, -0.1) is 0 Å². The smallest absolute Gasteiger partial charge is 0.169 e. The molecule has 20 heavy (non-hydrogen) atoms. The molecule has 0 saturated carbocycles. The molecule has 0 bridgehead atoms. The van der Waals surface area contributed by atoms with Crippen molar-refractivity contribution in [2.75, 3.05) is 16.8 Å². The molecule has 106 valence electrons. The predicted octanol–water partition coefficient (Wildman–Crippen LogP) is 4.83. The fraction of sp³-hybridized carbons (Fsp3) is 0. The van der Waals surface area contributed by atoms with Crippen LogP contribution in [-0.2, 0) is 0 Å². The van der Waals surface area contributed by atoms with Crippen molar-refractivity contribution in [3.05, 3.63) is 44.9 Å². The molecule has 3 nitrogen and oxygen atoms in total. The highest BCUT2D eigenvalue weighted by Gasteiger charge is 2.17. The van der Waals surface area contributed by atoms with Crippen LogP contribution >= 0.6 is 34.8 Å². The monoisotopic (exact) mass is 337 g/mol. The number of hydrogen-bond acceptors (Lipinski definition) is 3. The first kappa shape index (κ1) is 15.0. The summed E-state index contributed by atoms with van der Waals surface area (Å²) in [6.07, 6.45) is 0. The molecule has 0 aliphatic heterocycles. The van der Waals surface area contributed by atoms with E-state index in [1.54, 1.807) is 0 Å². The Morgan fingerprint density at radius 3 is 1.95 bits per heavy atom. The minimum Gasteiger partial charge on any atom is -0.397 e. The SMILES string of the molecule is Nc1cc(N)c(Nc2c(Cl)cc(F)cc2Cl)c(F)c1Cl. The van der Waals surface area contributed by atoms with Gasteiger partial charge in [0, 0.05) is 0 Å². The second-order valence-electron chi connectivity index (χ2n) is 3.93. The summed E-state index contributed by atoms with van der Waals surface area (Å²) in [5.74, 6) is -1.46. The van der Waals surface area contributed by atoms with E-state index in [1.807, 2.05) is 0 Å². The summed E-state index contributed by atoms with van der Waals surface area (Å²) >= 11 is 17.4. The van der Waals surface area contributed by atoms with Crippen LogP contribution in [0.2, 0.25) is 15.1 Å². The van der Waals surface area contributed by atoms with Gasteiger partial charge < -0.3 is 16.8 Å². The van der Waals surface area contributed by atoms with Gasteiger partial charge in [-0.1, -0.05) is 34.8 Å². The third-order valence-electron chi connectivity index (χ3n) is 2.52. The minimum absolute atomic E-state index is 0.00326. The number of rotatable bonds is 2. The normalized spacial score (nSPS) is 10.7. The van der Waals surface area contributed by atoms with Crippen molar-refractivity contribution in [1.29, 1.82) is 0 Å². The summed E-state index contributed by atoms with van der Waals surface area (Å²) in [6, 6.07) is 3.35. The Kier molecular flexibility index (Phi) is 4.13. The average Bonchev–Trinajstić information content (AvgIpc) is 2.34. The van der Waals surface area contributed by atoms with Crippen molar-refractivity contribution >= 4 is 57.6 Å². The molecule has 0 radical (unpaired) electrons. The average molecular weight is 339 g/mol. The van der Waals surface area contributed by atoms with Crippen LogP contribution in [0, 0.1) is 11.6 Å². The van der Waals surface area contributed by atoms with Crippen LogP contribution in [0.4, 0.5) is 31.5 Å². The zero-order valence-electron chi connectivity index (χ0n) is 9.78. The number of hydrogen-bond donors (Lipinski definition) is 3. The molecule has 0 aliphatic carbocycles. The van der Waals surface area contributed by atoms with Crippen molar-refractivity contribution in [2.24, 2.45) is 0 Å². The highest BCUT2D eigenvalue weighted by molar-refractivity contribution is 6.39. The van der Waals surface area contributed by atoms with Crippen molar-refractivity contribution < 1.29 is 8.78 Å². The van der Waals surface area contributed by atoms with E-state index in [0.29, 0.717) is 0 Å². The molecule has 0 unspecified atom stereocenters. The van der Waals surface area contributed by atoms with E-state index < -0.39 is 11.6 Å². The van der Waals surface area contributed by atoms with Gasteiger partial charge in [-0.05, 0) is 18.2 Å². The molecule has 0 amide bonds. The first-order valence-electron chi connectivity index (χ1n) is 5.25. The van der Waals surface area contributed by atoms with Crippen LogP contribution in [0.5, 0.6) is 0 Å². The zero-order valence-corrected chi connectivity index (χ0v) is 12.0. The third kappa shape index (κ3) is 2.70. The van der Waals surface area contributed by atoms with Crippen LogP contribution in [0.1, 0.15) is 0 Å². The molecule has 5 N–H and O–H groups in total. The summed E-state index contributed by atoms with van der Waals surface area (Å²) in [5, 5.41) is 2.27. The van der Waals surface area contributed by atoms with E-state index in [9.17, 15) is 8.78 Å². The Balaban J connectivity index is 2.54. The van der Waals surface area contributed by atoms with Gasteiger partial charge in [-0.2, -0.15) is 0 Å². The van der Waals surface area contributed by atoms with E-state index in [4.69, 9.17) is 46.3 Å². The Labute approximate surface area is 128 Å². The van der Waals surface area contributed by atoms with E-state index in [-0.39, 0.29) is 37.8 Å². The molecule has 8 heteroatoms. The van der Waals surface area contributed by atoms with E-state index in [0.717, 1.165) is 12.1 Å². The quantitative estimate of drug-likeness (QED) is 0.687. The van der Waals surface area contributed by atoms with Crippen LogP contribution in [-0.4, -0.2) is 0 Å². The van der Waals surface area contributed by atoms with Crippen LogP contribution in [0.15, 0.2) is 18.2 Å². The molecule has 2 rings (SSSR count). The molecule has 0 aromatic heterocycles. The molecule has 0 aliphatic rings. The molecular weight excluding hydrogens is 331 g/mol. The molecule has 0 fully saturated rings. The van der Waals surface area contributed by atoms with Gasteiger partial charge in [0.05, 0.1) is 32.8 Å². The van der Waals surface area contributed by atoms with Crippen molar-refractivity contribution in [2.45, 2.75) is 0 Å². The Morgan fingerprint density at radius 1 is 0.850 bits per heavy atom. The highest BCUT2D eigenvalue weighted by atomic mass is 35.5. The fourth-order valence-electron chi connectivity index (χ4n) is 1.58. The Morgan fingerprint density at radius 2 is 1.40 bits per heavy atom. The number of halogens is 5. The number of benzene rings is 2. The summed E-state index contributed by atoms with van der Waals surface area (Å²) in [4.78, 5) is 0. The van der Waals surface area contributed by atoms with Crippen molar-refractivity contribution in [3.63, 3.8) is 0 Å². The van der Waals surface area contributed by atoms with Crippen molar-refractivity contribution in [1.82, 2.24) is 0 Å². The van der Waals surface area contributed by atoms with E-state index in [2.05, 4.69) is 5.32 Å². The summed E-state index contributed by atoms with van der Waals surface area (Å²) < 4.78 is 27.1. The van der Waals surface area contributed by atoms with Gasteiger partial charge in [0.15, 0.2) is 5.82 Å². The number of nitrogen functional groups attached to an aromatic ring is 2. The topological polar surface area (TPSA) is 64.1 Å². The second kappa shape index (κ2) is 5.52. The largest absolute Gasteiger partial charge is 0.397 e. The van der Waals surface area contributed by atoms with Crippen LogP contribution in [0.3, 0.4) is 0 Å². The van der Waals surface area contributed by atoms with Gasteiger partial charge in [-0.3, -0.25) is 0 Å². The van der Waals surface area contributed by atoms with Crippen LogP contribution in [0.25, 0.3) is 0 Å². The maximum absolute atomic E-state index is 14.0. The molecule has 0 spiro atoms. The first-order chi connectivity index (χ1) is 9.31. The Hall–Kier alpha value is -1.43. The summed E-state index contributed by atoms with van der Waals surface area (Å²) in [6.45, 7) is 0. The lowest BCUT2D eigenvalue weighted by atomic mass is 10.2. The minimum atomic E-state index is -0.847. The van der Waals surface area contributed by atoms with Gasteiger partial charge in [-0.25, -0.2) is 8.78 Å². The summed E-state index contributed by atoms with van der Waals surface area (Å²) in [5.41, 5.74) is 11.1. The molecule has 2 aromatic rings. The summed E-state index contributed by atoms with van der Waals surface area (Å²) in [7, 11) is 0. The molecule has 0 atom stereocenters. The van der Waals surface area contributed by atoms with Gasteiger partial charge in [0.2, 0.25) is 0 Å². The van der Waals surface area contributed by atoms with E-state index >= 15 is 0 Å². The standard InChI is InChI=1S/C12H8Cl3F2N3/c13-5-1-4(16)2-6(14)11(5)20-12-8(19)3-7(18)9(15)10(12)17/h1-3,20H,18-19H2. The van der Waals surface area contributed by atoms with Gasteiger partial charge >= 0.3 is 0 Å². The molecular formula is C12H8Cl3F2N3. The van der Waals surface area contributed by atoms with Gasteiger partial charge in [0.1, 0.15) is 10.8 Å². The maximum atomic E-state index is 14.0. The molecule has 0 heterocycles. The molecule has 0 saturated heterocycles. The number of nitrogens with one attached hydrogen (secondary N) is 1. The number of anilines is 4. The van der Waals surface area contributed by atoms with Gasteiger partial charge in [0.25, 0.3) is 0 Å². The Bertz CT molecular complexity index is 669. The fourth-order valence-corrected chi connectivity index (χ4v) is 2.28. The lowest BCUT2D eigenvalue weighted by Crippen LogP contribution is -2.03.